The molecular weight excluding hydrogens is 491 g/mol. The molecule has 0 aliphatic heterocycles. The van der Waals surface area contributed by atoms with Gasteiger partial charge in [0, 0.05) is 17.5 Å². The Morgan fingerprint density at radius 3 is 2.28 bits per heavy atom. The maximum Gasteiger partial charge on any atom is 0.253 e. The van der Waals surface area contributed by atoms with Gasteiger partial charge in [-0.3, -0.25) is 14.4 Å². The lowest BCUT2D eigenvalue weighted by Gasteiger charge is -2.18. The van der Waals surface area contributed by atoms with Gasteiger partial charge in [-0.05, 0) is 36.8 Å². The normalized spacial score (nSPS) is 10.7. The van der Waals surface area contributed by atoms with E-state index in [1.165, 1.54) is 22.3 Å². The summed E-state index contributed by atoms with van der Waals surface area (Å²) >= 11 is 19.6. The lowest BCUT2D eigenvalue weighted by Crippen LogP contribution is -2.38. The van der Waals surface area contributed by atoms with Gasteiger partial charge in [-0.15, -0.1) is 11.3 Å². The van der Waals surface area contributed by atoms with Gasteiger partial charge in [-0.2, -0.15) is 0 Å². The average molecular weight is 510 g/mol. The Morgan fingerprint density at radius 2 is 1.59 bits per heavy atom. The van der Waals surface area contributed by atoms with Gasteiger partial charge < -0.3 is 10.2 Å². The fraction of sp³-hybridized carbons (Fsp3) is 0.174. The van der Waals surface area contributed by atoms with E-state index in [2.05, 4.69) is 5.32 Å². The van der Waals surface area contributed by atoms with E-state index in [-0.39, 0.29) is 27.9 Å². The quantitative estimate of drug-likeness (QED) is 0.404. The van der Waals surface area contributed by atoms with Crippen molar-refractivity contribution in [3.05, 3.63) is 85.2 Å². The predicted molar refractivity (Wildman–Crippen MR) is 131 cm³/mol. The van der Waals surface area contributed by atoms with E-state index in [0.717, 1.165) is 4.88 Å². The van der Waals surface area contributed by atoms with Gasteiger partial charge in [0.2, 0.25) is 5.91 Å². The van der Waals surface area contributed by atoms with E-state index in [4.69, 9.17) is 34.8 Å². The summed E-state index contributed by atoms with van der Waals surface area (Å²) in [4.78, 5) is 40.7. The Morgan fingerprint density at radius 1 is 0.938 bits per heavy atom. The number of ketones is 1. The van der Waals surface area contributed by atoms with E-state index in [0.29, 0.717) is 27.6 Å². The topological polar surface area (TPSA) is 66.5 Å². The fourth-order valence-electron chi connectivity index (χ4n) is 2.97. The number of nitrogens with zero attached hydrogens (tertiary/aromatic N) is 1. The minimum Gasteiger partial charge on any atom is -0.343 e. The third-order valence-corrected chi connectivity index (χ3v) is 7.25. The number of carbonyl (C=O) groups excluding carboxylic acids is 3. The zero-order valence-electron chi connectivity index (χ0n) is 17.2. The minimum atomic E-state index is -0.521. The summed E-state index contributed by atoms with van der Waals surface area (Å²) in [7, 11) is 1.56. The van der Waals surface area contributed by atoms with E-state index < -0.39 is 11.8 Å². The zero-order valence-corrected chi connectivity index (χ0v) is 20.3. The minimum absolute atomic E-state index is 0.117. The molecular formula is C23H19Cl3N2O3S. The highest BCUT2D eigenvalue weighted by Gasteiger charge is 2.25. The summed E-state index contributed by atoms with van der Waals surface area (Å²) < 4.78 is 0. The number of amides is 2. The molecule has 1 N–H and O–H groups in total. The van der Waals surface area contributed by atoms with Crippen molar-refractivity contribution in [1.29, 1.82) is 0 Å². The molecule has 0 aliphatic carbocycles. The molecule has 0 aliphatic rings. The molecule has 5 nitrogen and oxygen atoms in total. The number of thiophene rings is 1. The molecule has 166 valence electrons. The van der Waals surface area contributed by atoms with Crippen LogP contribution in [-0.4, -0.2) is 31.2 Å². The second kappa shape index (κ2) is 10.5. The van der Waals surface area contributed by atoms with E-state index >= 15 is 0 Å². The first-order chi connectivity index (χ1) is 15.2. The molecule has 0 fully saturated rings. The number of aryl methyl sites for hydroxylation is 1. The second-order valence-electron chi connectivity index (χ2n) is 6.83. The van der Waals surface area contributed by atoms with Crippen molar-refractivity contribution in [2.45, 2.75) is 13.3 Å². The highest BCUT2D eigenvalue weighted by atomic mass is 35.5. The molecule has 0 atom stereocenters. The monoisotopic (exact) mass is 508 g/mol. The molecule has 0 bridgehead atoms. The number of nitrogens with one attached hydrogen (secondary N) is 1. The fourth-order valence-corrected chi connectivity index (χ4v) is 4.65. The van der Waals surface area contributed by atoms with Gasteiger partial charge in [-0.1, -0.05) is 59.9 Å². The summed E-state index contributed by atoms with van der Waals surface area (Å²) in [5.74, 6) is -1.18. The molecule has 32 heavy (non-hydrogen) atoms. The van der Waals surface area contributed by atoms with Crippen LogP contribution in [0.2, 0.25) is 15.1 Å². The summed E-state index contributed by atoms with van der Waals surface area (Å²) in [6.07, 6.45) is 0.708. The Labute approximate surface area is 204 Å². The second-order valence-corrected chi connectivity index (χ2v) is 9.14. The summed E-state index contributed by atoms with van der Waals surface area (Å²) in [5, 5.41) is 3.75. The van der Waals surface area contributed by atoms with Crippen molar-refractivity contribution in [2.24, 2.45) is 0 Å². The average Bonchev–Trinajstić information content (AvgIpc) is 3.23. The standard InChI is InChI=1S/C23H19Cl3N2O3S/c1-3-13-11-16(21(30)14-7-4-5-9-17(14)24)23(32-13)28(2)19(29)12-27-22(31)15-8-6-10-18(25)20(15)26/h4-11H,3,12H2,1-2H3,(H,27,31). The van der Waals surface area contributed by atoms with Crippen LogP contribution in [0.3, 0.4) is 0 Å². The van der Waals surface area contributed by atoms with Crippen LogP contribution in [0.25, 0.3) is 0 Å². The van der Waals surface area contributed by atoms with Gasteiger partial charge >= 0.3 is 0 Å². The van der Waals surface area contributed by atoms with Crippen molar-refractivity contribution in [1.82, 2.24) is 5.32 Å². The molecule has 0 radical (unpaired) electrons. The van der Waals surface area contributed by atoms with Crippen LogP contribution in [0.15, 0.2) is 48.5 Å². The SMILES string of the molecule is CCc1cc(C(=O)c2ccccc2Cl)c(N(C)C(=O)CNC(=O)c2cccc(Cl)c2Cl)s1. The van der Waals surface area contributed by atoms with Crippen LogP contribution in [0.5, 0.6) is 0 Å². The van der Waals surface area contributed by atoms with Crippen molar-refractivity contribution in [3.8, 4) is 0 Å². The number of halogens is 3. The van der Waals surface area contributed by atoms with Gasteiger partial charge in [-0.25, -0.2) is 0 Å². The Balaban J connectivity index is 1.80. The molecule has 1 heterocycles. The first-order valence-corrected chi connectivity index (χ1v) is 11.6. The molecule has 0 unspecified atom stereocenters. The predicted octanol–water partition coefficient (Wildman–Crippen LogP) is 5.89. The smallest absolute Gasteiger partial charge is 0.253 e. The number of hydrogen-bond donors (Lipinski definition) is 1. The number of anilines is 1. The third-order valence-electron chi connectivity index (χ3n) is 4.75. The molecule has 2 amide bonds. The van der Waals surface area contributed by atoms with Crippen LogP contribution in [0, 0.1) is 0 Å². The first kappa shape index (κ1) is 24.3. The van der Waals surface area contributed by atoms with Gasteiger partial charge in [0.1, 0.15) is 5.00 Å². The Hall–Kier alpha value is -2.38. The van der Waals surface area contributed by atoms with Crippen LogP contribution in [0.1, 0.15) is 38.1 Å². The maximum absolute atomic E-state index is 13.2. The van der Waals surface area contributed by atoms with E-state index in [9.17, 15) is 14.4 Å². The molecule has 3 aromatic rings. The van der Waals surface area contributed by atoms with E-state index in [1.807, 2.05) is 6.92 Å². The Bertz CT molecular complexity index is 1190. The van der Waals surface area contributed by atoms with Gasteiger partial charge in [0.25, 0.3) is 5.91 Å². The molecule has 9 heteroatoms. The lowest BCUT2D eigenvalue weighted by molar-refractivity contribution is -0.117. The van der Waals surface area contributed by atoms with Gasteiger partial charge in [0.15, 0.2) is 5.78 Å². The van der Waals surface area contributed by atoms with Crippen LogP contribution < -0.4 is 10.2 Å². The Kier molecular flexibility index (Phi) is 7.96. The largest absolute Gasteiger partial charge is 0.343 e. The molecule has 2 aromatic carbocycles. The number of carbonyl (C=O) groups is 3. The molecule has 0 saturated heterocycles. The van der Waals surface area contributed by atoms with Crippen LogP contribution in [-0.2, 0) is 11.2 Å². The summed E-state index contributed by atoms with van der Waals surface area (Å²) in [5.41, 5.74) is 0.925. The number of likely N-dealkylation sites (N-methyl/N-ethyl adjacent to an activating group) is 1. The first-order valence-electron chi connectivity index (χ1n) is 9.65. The van der Waals surface area contributed by atoms with Gasteiger partial charge in [0.05, 0.1) is 32.7 Å². The highest BCUT2D eigenvalue weighted by Crippen LogP contribution is 2.34. The molecule has 3 rings (SSSR count). The number of benzene rings is 2. The van der Waals surface area contributed by atoms with Crippen molar-refractivity contribution >= 4 is 68.7 Å². The summed E-state index contributed by atoms with van der Waals surface area (Å²) in [6.45, 7) is 1.69. The lowest BCUT2D eigenvalue weighted by atomic mass is 10.0. The molecule has 1 aromatic heterocycles. The molecule has 0 saturated carbocycles. The van der Waals surface area contributed by atoms with Crippen molar-refractivity contribution < 1.29 is 14.4 Å². The zero-order chi connectivity index (χ0) is 23.4. The van der Waals surface area contributed by atoms with Crippen LogP contribution >= 0.6 is 46.1 Å². The molecule has 0 spiro atoms. The van der Waals surface area contributed by atoms with Crippen molar-refractivity contribution in [2.75, 3.05) is 18.5 Å². The van der Waals surface area contributed by atoms with E-state index in [1.54, 1.807) is 49.5 Å². The highest BCUT2D eigenvalue weighted by molar-refractivity contribution is 7.16. The maximum atomic E-state index is 13.2. The van der Waals surface area contributed by atoms with Crippen molar-refractivity contribution in [3.63, 3.8) is 0 Å². The van der Waals surface area contributed by atoms with Crippen LogP contribution in [0.4, 0.5) is 5.00 Å². The number of hydrogen-bond acceptors (Lipinski definition) is 4. The summed E-state index contributed by atoms with van der Waals surface area (Å²) in [6, 6.07) is 13.2. The number of rotatable bonds is 7. The third kappa shape index (κ3) is 5.15.